The number of aryl methyl sites for hydroxylation is 1. The van der Waals surface area contributed by atoms with E-state index in [4.69, 9.17) is 4.52 Å². The van der Waals surface area contributed by atoms with Gasteiger partial charge in [-0.05, 0) is 28.1 Å². The van der Waals surface area contributed by atoms with Crippen molar-refractivity contribution in [1.82, 2.24) is 14.7 Å². The summed E-state index contributed by atoms with van der Waals surface area (Å²) < 4.78 is 7.05. The van der Waals surface area contributed by atoms with E-state index in [1.807, 2.05) is 6.92 Å². The molecule has 6 heteroatoms. The fourth-order valence-corrected chi connectivity index (χ4v) is 1.66. The van der Waals surface area contributed by atoms with Gasteiger partial charge in [0.2, 0.25) is 5.89 Å². The van der Waals surface area contributed by atoms with Crippen molar-refractivity contribution < 1.29 is 4.52 Å². The van der Waals surface area contributed by atoms with E-state index in [0.29, 0.717) is 22.7 Å². The first kappa shape index (κ1) is 11.1. The number of rotatable bonds is 3. The third-order valence-electron chi connectivity index (χ3n) is 2.11. The standard InChI is InChI=1S/C10H10BrN3O2/c1-2-8-12-9(16-13-8)6-14-5-3-4-7(11)10(14)15/h3-5H,2,6H2,1H3. The van der Waals surface area contributed by atoms with Crippen LogP contribution >= 0.6 is 15.9 Å². The van der Waals surface area contributed by atoms with Gasteiger partial charge in [0.15, 0.2) is 5.82 Å². The van der Waals surface area contributed by atoms with Crippen LogP contribution in [0.2, 0.25) is 0 Å². The van der Waals surface area contributed by atoms with Gasteiger partial charge in [-0.2, -0.15) is 4.98 Å². The van der Waals surface area contributed by atoms with E-state index in [-0.39, 0.29) is 5.56 Å². The maximum Gasteiger partial charge on any atom is 0.265 e. The van der Waals surface area contributed by atoms with Gasteiger partial charge in [-0.1, -0.05) is 12.1 Å². The highest BCUT2D eigenvalue weighted by Gasteiger charge is 2.07. The minimum Gasteiger partial charge on any atom is -0.337 e. The van der Waals surface area contributed by atoms with E-state index in [0.717, 1.165) is 6.42 Å². The smallest absolute Gasteiger partial charge is 0.265 e. The molecule has 0 aliphatic rings. The number of hydrogen-bond donors (Lipinski definition) is 0. The fraction of sp³-hybridized carbons (Fsp3) is 0.300. The molecule has 0 spiro atoms. The number of hydrogen-bond acceptors (Lipinski definition) is 4. The molecule has 16 heavy (non-hydrogen) atoms. The summed E-state index contributed by atoms with van der Waals surface area (Å²) in [4.78, 5) is 15.8. The van der Waals surface area contributed by atoms with Crippen molar-refractivity contribution in [3.05, 3.63) is 44.9 Å². The Bertz CT molecular complexity index is 547. The Balaban J connectivity index is 2.27. The third-order valence-corrected chi connectivity index (χ3v) is 2.71. The molecule has 0 atom stereocenters. The molecule has 0 bridgehead atoms. The molecule has 0 radical (unpaired) electrons. The van der Waals surface area contributed by atoms with Gasteiger partial charge in [-0.3, -0.25) is 4.79 Å². The summed E-state index contributed by atoms with van der Waals surface area (Å²) in [5, 5.41) is 3.77. The summed E-state index contributed by atoms with van der Waals surface area (Å²) in [6.45, 7) is 2.24. The topological polar surface area (TPSA) is 60.9 Å². The molecule has 0 aliphatic heterocycles. The van der Waals surface area contributed by atoms with Crippen molar-refractivity contribution in [2.75, 3.05) is 0 Å². The molecule has 0 saturated carbocycles. The second kappa shape index (κ2) is 4.61. The Hall–Kier alpha value is -1.43. The Morgan fingerprint density at radius 3 is 3.06 bits per heavy atom. The van der Waals surface area contributed by atoms with Gasteiger partial charge in [0.05, 0.1) is 4.47 Å². The fourth-order valence-electron chi connectivity index (χ4n) is 1.28. The average Bonchev–Trinajstić information content (AvgIpc) is 2.73. The van der Waals surface area contributed by atoms with Crippen molar-refractivity contribution in [3.63, 3.8) is 0 Å². The molecule has 0 N–H and O–H groups in total. The largest absolute Gasteiger partial charge is 0.337 e. The normalized spacial score (nSPS) is 10.6. The Kier molecular flexibility index (Phi) is 3.19. The molecule has 0 aromatic carbocycles. The van der Waals surface area contributed by atoms with Gasteiger partial charge in [-0.25, -0.2) is 0 Å². The SMILES string of the molecule is CCc1noc(Cn2cccc(Br)c2=O)n1. The van der Waals surface area contributed by atoms with E-state index in [1.54, 1.807) is 18.3 Å². The maximum absolute atomic E-state index is 11.7. The van der Waals surface area contributed by atoms with Crippen molar-refractivity contribution in [1.29, 1.82) is 0 Å². The van der Waals surface area contributed by atoms with Gasteiger partial charge in [0.25, 0.3) is 5.56 Å². The Labute approximate surface area is 100 Å². The summed E-state index contributed by atoms with van der Waals surface area (Å²) in [6, 6.07) is 3.48. The summed E-state index contributed by atoms with van der Waals surface area (Å²) in [5.41, 5.74) is -0.112. The zero-order valence-corrected chi connectivity index (χ0v) is 10.3. The lowest BCUT2D eigenvalue weighted by atomic mass is 10.4. The minimum atomic E-state index is -0.112. The lowest BCUT2D eigenvalue weighted by Gasteiger charge is -2.01. The molecule has 0 fully saturated rings. The zero-order chi connectivity index (χ0) is 11.5. The van der Waals surface area contributed by atoms with Crippen LogP contribution in [0.1, 0.15) is 18.6 Å². The Morgan fingerprint density at radius 1 is 1.56 bits per heavy atom. The second-order valence-corrected chi connectivity index (χ2v) is 4.10. The molecule has 2 rings (SSSR count). The first-order valence-electron chi connectivity index (χ1n) is 4.87. The highest BCUT2D eigenvalue weighted by Crippen LogP contribution is 2.03. The molecular formula is C10H10BrN3O2. The van der Waals surface area contributed by atoms with Gasteiger partial charge in [0, 0.05) is 12.6 Å². The molecule has 0 aliphatic carbocycles. The van der Waals surface area contributed by atoms with Crippen molar-refractivity contribution in [3.8, 4) is 0 Å². The van der Waals surface area contributed by atoms with Crippen LogP contribution in [0, 0.1) is 0 Å². The highest BCUT2D eigenvalue weighted by molar-refractivity contribution is 9.10. The minimum absolute atomic E-state index is 0.112. The van der Waals surface area contributed by atoms with E-state index in [2.05, 4.69) is 26.1 Å². The number of aromatic nitrogens is 3. The molecular weight excluding hydrogens is 274 g/mol. The predicted molar refractivity (Wildman–Crippen MR) is 61.2 cm³/mol. The predicted octanol–water partition coefficient (Wildman–Crippen LogP) is 1.60. The molecule has 0 unspecified atom stereocenters. The van der Waals surface area contributed by atoms with Crippen LogP contribution in [0.15, 0.2) is 32.1 Å². The first-order chi connectivity index (χ1) is 7.70. The summed E-state index contributed by atoms with van der Waals surface area (Å²) in [5.74, 6) is 1.09. The first-order valence-corrected chi connectivity index (χ1v) is 5.66. The molecule has 84 valence electrons. The number of halogens is 1. The van der Waals surface area contributed by atoms with Gasteiger partial charge in [0.1, 0.15) is 6.54 Å². The summed E-state index contributed by atoms with van der Waals surface area (Å²) >= 11 is 3.18. The van der Waals surface area contributed by atoms with E-state index in [1.165, 1.54) is 4.57 Å². The van der Waals surface area contributed by atoms with Crippen LogP contribution in [-0.2, 0) is 13.0 Å². The van der Waals surface area contributed by atoms with Crippen molar-refractivity contribution >= 4 is 15.9 Å². The monoisotopic (exact) mass is 283 g/mol. The third kappa shape index (κ3) is 2.21. The summed E-state index contributed by atoms with van der Waals surface area (Å²) in [6.07, 6.45) is 2.40. The Morgan fingerprint density at radius 2 is 2.38 bits per heavy atom. The molecule has 5 nitrogen and oxygen atoms in total. The second-order valence-electron chi connectivity index (χ2n) is 3.25. The quantitative estimate of drug-likeness (QED) is 0.859. The van der Waals surface area contributed by atoms with Gasteiger partial charge in [-0.15, -0.1) is 0 Å². The molecule has 2 heterocycles. The van der Waals surface area contributed by atoms with Crippen LogP contribution in [0.4, 0.5) is 0 Å². The van der Waals surface area contributed by atoms with Crippen molar-refractivity contribution in [2.45, 2.75) is 19.9 Å². The van der Waals surface area contributed by atoms with Crippen LogP contribution < -0.4 is 5.56 Å². The average molecular weight is 284 g/mol. The lowest BCUT2D eigenvalue weighted by molar-refractivity contribution is 0.365. The number of pyridine rings is 1. The van der Waals surface area contributed by atoms with Crippen LogP contribution in [0.25, 0.3) is 0 Å². The zero-order valence-electron chi connectivity index (χ0n) is 8.68. The maximum atomic E-state index is 11.7. The van der Waals surface area contributed by atoms with E-state index < -0.39 is 0 Å². The van der Waals surface area contributed by atoms with Crippen LogP contribution in [0.5, 0.6) is 0 Å². The highest BCUT2D eigenvalue weighted by atomic mass is 79.9. The number of nitrogens with zero attached hydrogens (tertiary/aromatic N) is 3. The van der Waals surface area contributed by atoms with Crippen molar-refractivity contribution in [2.24, 2.45) is 0 Å². The van der Waals surface area contributed by atoms with Gasteiger partial charge < -0.3 is 9.09 Å². The summed E-state index contributed by atoms with van der Waals surface area (Å²) in [7, 11) is 0. The van der Waals surface area contributed by atoms with Crippen LogP contribution in [0.3, 0.4) is 0 Å². The molecule has 0 saturated heterocycles. The molecule has 2 aromatic heterocycles. The van der Waals surface area contributed by atoms with Crippen LogP contribution in [-0.4, -0.2) is 14.7 Å². The van der Waals surface area contributed by atoms with E-state index >= 15 is 0 Å². The molecule has 2 aromatic rings. The van der Waals surface area contributed by atoms with E-state index in [9.17, 15) is 4.79 Å². The molecule has 0 amide bonds. The van der Waals surface area contributed by atoms with Gasteiger partial charge >= 0.3 is 0 Å². The lowest BCUT2D eigenvalue weighted by Crippen LogP contribution is -2.20.